The van der Waals surface area contributed by atoms with Crippen LogP contribution in [0.5, 0.6) is 5.75 Å². The quantitative estimate of drug-likeness (QED) is 0.864. The number of rotatable bonds is 4. The molecule has 0 radical (unpaired) electrons. The van der Waals surface area contributed by atoms with Gasteiger partial charge in [0.1, 0.15) is 18.2 Å². The second-order valence-corrected chi connectivity index (χ2v) is 6.90. The molecule has 2 aromatic rings. The molecular weight excluding hydrogens is 302 g/mol. The molecule has 0 saturated heterocycles. The second kappa shape index (κ2) is 6.51. The summed E-state index contributed by atoms with van der Waals surface area (Å²) in [5.41, 5.74) is 0.989. The van der Waals surface area contributed by atoms with E-state index in [1.165, 1.54) is 25.7 Å². The van der Waals surface area contributed by atoms with Crippen LogP contribution in [0.1, 0.15) is 56.0 Å². The minimum absolute atomic E-state index is 0.337. The maximum atomic E-state index is 5.83. The predicted octanol–water partition coefficient (Wildman–Crippen LogP) is 2.88. The Balaban J connectivity index is 1.46. The van der Waals surface area contributed by atoms with E-state index in [-0.39, 0.29) is 0 Å². The van der Waals surface area contributed by atoms with Crippen LogP contribution in [-0.4, -0.2) is 37.2 Å². The van der Waals surface area contributed by atoms with Crippen LogP contribution in [0.25, 0.3) is 0 Å². The minimum atomic E-state index is 0.337. The fourth-order valence-corrected chi connectivity index (χ4v) is 3.99. The fraction of sp³-hybridized carbons (Fsp3) is 0.611. The molecule has 1 saturated carbocycles. The van der Waals surface area contributed by atoms with Crippen LogP contribution in [0.3, 0.4) is 0 Å². The number of nitrogens with zero attached hydrogens (tertiary/aromatic N) is 5. The van der Waals surface area contributed by atoms with Crippen LogP contribution in [0.2, 0.25) is 0 Å². The van der Waals surface area contributed by atoms with Crippen LogP contribution >= 0.6 is 0 Å². The highest BCUT2D eigenvalue weighted by Crippen LogP contribution is 2.33. The zero-order valence-corrected chi connectivity index (χ0v) is 14.5. The first-order valence-electron chi connectivity index (χ1n) is 8.95. The van der Waals surface area contributed by atoms with Gasteiger partial charge in [-0.1, -0.05) is 12.8 Å². The van der Waals surface area contributed by atoms with Gasteiger partial charge in [0.05, 0.1) is 12.2 Å². The van der Waals surface area contributed by atoms with E-state index in [1.807, 2.05) is 19.1 Å². The number of ether oxygens (including phenoxy) is 1. The summed E-state index contributed by atoms with van der Waals surface area (Å²) < 4.78 is 8.07. The Morgan fingerprint density at radius 3 is 2.75 bits per heavy atom. The van der Waals surface area contributed by atoms with Gasteiger partial charge >= 0.3 is 0 Å². The third-order valence-corrected chi connectivity index (χ3v) is 5.35. The van der Waals surface area contributed by atoms with E-state index in [0.29, 0.717) is 12.6 Å². The maximum absolute atomic E-state index is 5.83. The molecule has 1 aliphatic carbocycles. The van der Waals surface area contributed by atoms with Gasteiger partial charge in [-0.05, 0) is 38.8 Å². The monoisotopic (exact) mass is 327 g/mol. The Kier molecular flexibility index (Phi) is 4.22. The number of hydrogen-bond acceptors (Lipinski definition) is 5. The summed E-state index contributed by atoms with van der Waals surface area (Å²) >= 11 is 0. The Labute approximate surface area is 142 Å². The molecule has 1 fully saturated rings. The van der Waals surface area contributed by atoms with Crippen LogP contribution in [0.15, 0.2) is 18.3 Å². The first-order chi connectivity index (χ1) is 11.7. The summed E-state index contributed by atoms with van der Waals surface area (Å²) in [6.45, 7) is 6.69. The molecule has 0 N–H and O–H groups in total. The average molecular weight is 327 g/mol. The maximum Gasteiger partial charge on any atom is 0.171 e. The van der Waals surface area contributed by atoms with Gasteiger partial charge in [0.15, 0.2) is 5.82 Å². The van der Waals surface area contributed by atoms with Gasteiger partial charge in [-0.15, -0.1) is 10.2 Å². The molecule has 128 valence electrons. The summed E-state index contributed by atoms with van der Waals surface area (Å²) in [5, 5.41) is 8.84. The number of aromatic nitrogens is 4. The Bertz CT molecular complexity index is 690. The SMILES string of the molecule is Cc1ccc(OCc2nnc3n2CCN(C2CCCC2)[C@H]3C)cn1. The van der Waals surface area contributed by atoms with E-state index in [2.05, 4.69) is 31.6 Å². The van der Waals surface area contributed by atoms with Crippen molar-refractivity contribution in [2.24, 2.45) is 0 Å². The zero-order chi connectivity index (χ0) is 16.5. The third-order valence-electron chi connectivity index (χ3n) is 5.35. The van der Waals surface area contributed by atoms with Crippen molar-refractivity contribution in [1.29, 1.82) is 0 Å². The largest absolute Gasteiger partial charge is 0.484 e. The van der Waals surface area contributed by atoms with Crippen molar-refractivity contribution in [3.8, 4) is 5.75 Å². The summed E-state index contributed by atoms with van der Waals surface area (Å²) in [6, 6.07) is 4.96. The molecule has 0 unspecified atom stereocenters. The molecule has 2 aromatic heterocycles. The number of fused-ring (bicyclic) bond motifs is 1. The van der Waals surface area contributed by atoms with Crippen molar-refractivity contribution >= 4 is 0 Å². The van der Waals surface area contributed by atoms with Gasteiger partial charge in [-0.3, -0.25) is 9.88 Å². The number of pyridine rings is 1. The summed E-state index contributed by atoms with van der Waals surface area (Å²) in [5.74, 6) is 2.76. The highest BCUT2D eigenvalue weighted by Gasteiger charge is 2.33. The van der Waals surface area contributed by atoms with Crippen molar-refractivity contribution < 1.29 is 4.74 Å². The van der Waals surface area contributed by atoms with Gasteiger partial charge in [0, 0.05) is 24.8 Å². The van der Waals surface area contributed by atoms with Crippen molar-refractivity contribution in [3.05, 3.63) is 35.7 Å². The fourth-order valence-electron chi connectivity index (χ4n) is 3.99. The molecular formula is C18H25N5O. The predicted molar refractivity (Wildman–Crippen MR) is 90.7 cm³/mol. The normalized spacial score (nSPS) is 21.8. The molecule has 0 amide bonds. The van der Waals surface area contributed by atoms with E-state index < -0.39 is 0 Å². The second-order valence-electron chi connectivity index (χ2n) is 6.90. The van der Waals surface area contributed by atoms with Gasteiger partial charge < -0.3 is 9.30 Å². The molecule has 0 aromatic carbocycles. The van der Waals surface area contributed by atoms with Crippen molar-refractivity contribution in [1.82, 2.24) is 24.6 Å². The minimum Gasteiger partial charge on any atom is -0.484 e. The lowest BCUT2D eigenvalue weighted by atomic mass is 10.1. The summed E-state index contributed by atoms with van der Waals surface area (Å²) in [4.78, 5) is 6.87. The molecule has 0 bridgehead atoms. The molecule has 4 rings (SSSR count). The lowest BCUT2D eigenvalue weighted by molar-refractivity contribution is 0.108. The van der Waals surface area contributed by atoms with Crippen molar-refractivity contribution in [2.75, 3.05) is 6.54 Å². The summed E-state index contributed by atoms with van der Waals surface area (Å²) in [7, 11) is 0. The third kappa shape index (κ3) is 2.90. The van der Waals surface area contributed by atoms with E-state index in [0.717, 1.165) is 42.2 Å². The molecule has 6 heteroatoms. The lowest BCUT2D eigenvalue weighted by Gasteiger charge is -2.37. The number of hydrogen-bond donors (Lipinski definition) is 0. The number of aryl methyl sites for hydroxylation is 1. The van der Waals surface area contributed by atoms with E-state index in [9.17, 15) is 0 Å². The first-order valence-corrected chi connectivity index (χ1v) is 8.95. The molecule has 24 heavy (non-hydrogen) atoms. The van der Waals surface area contributed by atoms with E-state index in [1.54, 1.807) is 6.20 Å². The molecule has 6 nitrogen and oxygen atoms in total. The zero-order valence-electron chi connectivity index (χ0n) is 14.5. The van der Waals surface area contributed by atoms with Crippen LogP contribution in [-0.2, 0) is 13.2 Å². The Morgan fingerprint density at radius 1 is 1.17 bits per heavy atom. The molecule has 1 atom stereocenters. The summed E-state index contributed by atoms with van der Waals surface area (Å²) in [6.07, 6.45) is 7.14. The van der Waals surface area contributed by atoms with Gasteiger partial charge in [-0.2, -0.15) is 0 Å². The Morgan fingerprint density at radius 2 is 2.00 bits per heavy atom. The lowest BCUT2D eigenvalue weighted by Crippen LogP contribution is -2.43. The van der Waals surface area contributed by atoms with E-state index >= 15 is 0 Å². The van der Waals surface area contributed by atoms with Gasteiger partial charge in [0.2, 0.25) is 0 Å². The standard InChI is InChI=1S/C18H25N5O/c1-13-7-8-16(11-19-13)24-12-17-20-21-18-14(2)22(9-10-23(17)18)15-5-3-4-6-15/h7-8,11,14-15H,3-6,9-10,12H2,1-2H3/t14-/m0/s1. The van der Waals surface area contributed by atoms with Crippen LogP contribution in [0, 0.1) is 6.92 Å². The highest BCUT2D eigenvalue weighted by atomic mass is 16.5. The van der Waals surface area contributed by atoms with Gasteiger partial charge in [-0.25, -0.2) is 0 Å². The highest BCUT2D eigenvalue weighted by molar-refractivity contribution is 5.19. The smallest absolute Gasteiger partial charge is 0.171 e. The molecule has 0 spiro atoms. The van der Waals surface area contributed by atoms with E-state index in [4.69, 9.17) is 4.74 Å². The molecule has 3 heterocycles. The van der Waals surface area contributed by atoms with Crippen molar-refractivity contribution in [3.63, 3.8) is 0 Å². The molecule has 2 aliphatic rings. The van der Waals surface area contributed by atoms with Crippen LogP contribution in [0.4, 0.5) is 0 Å². The first kappa shape index (κ1) is 15.6. The van der Waals surface area contributed by atoms with Gasteiger partial charge in [0.25, 0.3) is 0 Å². The topological polar surface area (TPSA) is 56.1 Å². The Hall–Kier alpha value is -1.95. The van der Waals surface area contributed by atoms with Crippen molar-refractivity contribution in [2.45, 2.75) is 64.8 Å². The van der Waals surface area contributed by atoms with Crippen LogP contribution < -0.4 is 4.74 Å². The average Bonchev–Trinajstić information content (AvgIpc) is 3.25. The molecule has 1 aliphatic heterocycles.